The van der Waals surface area contributed by atoms with Crippen LogP contribution in [0.3, 0.4) is 0 Å². The van der Waals surface area contributed by atoms with E-state index < -0.39 is 0 Å². The largest absolute Gasteiger partial charge is 0.381 e. The molecule has 0 atom stereocenters. The Hall–Kier alpha value is -1.88. The Labute approximate surface area is 112 Å². The van der Waals surface area contributed by atoms with Gasteiger partial charge < -0.3 is 16.8 Å². The maximum absolute atomic E-state index is 5.97. The lowest BCUT2D eigenvalue weighted by molar-refractivity contribution is 0.410. The number of para-hydroxylation sites is 2. The summed E-state index contributed by atoms with van der Waals surface area (Å²) >= 11 is 0. The van der Waals surface area contributed by atoms with Crippen molar-refractivity contribution >= 4 is 22.7 Å². The van der Waals surface area contributed by atoms with Crippen molar-refractivity contribution in [2.24, 2.45) is 5.73 Å². The zero-order valence-electron chi connectivity index (χ0n) is 10.8. The Bertz CT molecular complexity index is 575. The van der Waals surface area contributed by atoms with Crippen molar-refractivity contribution in [3.63, 3.8) is 0 Å². The van der Waals surface area contributed by atoms with E-state index in [0.717, 1.165) is 36.7 Å². The van der Waals surface area contributed by atoms with Crippen LogP contribution >= 0.6 is 0 Å². The van der Waals surface area contributed by atoms with Gasteiger partial charge in [-0.3, -0.25) is 0 Å². The number of rotatable bonds is 2. The second-order valence-electron chi connectivity index (χ2n) is 5.20. The third-order valence-corrected chi connectivity index (χ3v) is 3.71. The Balaban J connectivity index is 1.82. The highest BCUT2D eigenvalue weighted by Gasteiger charge is 2.19. The molecule has 5 N–H and O–H groups in total. The molecule has 0 unspecified atom stereocenters. The van der Waals surface area contributed by atoms with Crippen molar-refractivity contribution < 1.29 is 0 Å². The summed E-state index contributed by atoms with van der Waals surface area (Å²) in [5.41, 5.74) is 13.6. The predicted molar refractivity (Wildman–Crippen MR) is 77.8 cm³/mol. The Kier molecular flexibility index (Phi) is 3.21. The number of fused-ring (bicyclic) bond motifs is 1. The van der Waals surface area contributed by atoms with Gasteiger partial charge in [0, 0.05) is 12.1 Å². The fraction of sp³-hybridized carbons (Fsp3) is 0.429. The van der Waals surface area contributed by atoms with Crippen molar-refractivity contribution in [2.45, 2.75) is 37.8 Å². The number of hydrogen-bond donors (Lipinski definition) is 3. The average Bonchev–Trinajstić information content (AvgIpc) is 2.42. The van der Waals surface area contributed by atoms with Gasteiger partial charge in [-0.15, -0.1) is 0 Å². The van der Waals surface area contributed by atoms with Gasteiger partial charge in [0.25, 0.3) is 0 Å². The number of anilines is 2. The number of benzene rings is 1. The maximum Gasteiger partial charge on any atom is 0.169 e. The first-order valence-corrected chi connectivity index (χ1v) is 6.77. The molecule has 1 aromatic carbocycles. The second kappa shape index (κ2) is 5.01. The highest BCUT2D eigenvalue weighted by molar-refractivity contribution is 5.79. The van der Waals surface area contributed by atoms with E-state index >= 15 is 0 Å². The fourth-order valence-electron chi connectivity index (χ4n) is 2.58. The van der Waals surface area contributed by atoms with Crippen LogP contribution in [0.15, 0.2) is 24.3 Å². The Morgan fingerprint density at radius 3 is 2.32 bits per heavy atom. The van der Waals surface area contributed by atoms with Gasteiger partial charge in [0.05, 0.1) is 11.0 Å². The number of nitrogen functional groups attached to an aromatic ring is 1. The van der Waals surface area contributed by atoms with E-state index in [-0.39, 0.29) is 0 Å². The first-order valence-electron chi connectivity index (χ1n) is 6.77. The van der Waals surface area contributed by atoms with Crippen LogP contribution in [0.1, 0.15) is 25.7 Å². The predicted octanol–water partition coefficient (Wildman–Crippen LogP) is 1.89. The summed E-state index contributed by atoms with van der Waals surface area (Å²) in [5.74, 6) is 1.16. The van der Waals surface area contributed by atoms with E-state index in [4.69, 9.17) is 11.5 Å². The van der Waals surface area contributed by atoms with Crippen LogP contribution in [0.4, 0.5) is 11.6 Å². The van der Waals surface area contributed by atoms with E-state index in [9.17, 15) is 0 Å². The van der Waals surface area contributed by atoms with Gasteiger partial charge in [0.1, 0.15) is 0 Å². The van der Waals surface area contributed by atoms with Crippen LogP contribution in [-0.4, -0.2) is 22.1 Å². The lowest BCUT2D eigenvalue weighted by Gasteiger charge is -2.27. The molecule has 0 spiro atoms. The fourth-order valence-corrected chi connectivity index (χ4v) is 2.58. The monoisotopic (exact) mass is 257 g/mol. The third-order valence-electron chi connectivity index (χ3n) is 3.71. The second-order valence-corrected chi connectivity index (χ2v) is 5.20. The molecule has 1 aliphatic carbocycles. The zero-order valence-corrected chi connectivity index (χ0v) is 10.8. The van der Waals surface area contributed by atoms with Crippen molar-refractivity contribution in [1.82, 2.24) is 9.97 Å². The van der Waals surface area contributed by atoms with Crippen molar-refractivity contribution in [2.75, 3.05) is 11.1 Å². The molecule has 0 saturated heterocycles. The molecule has 1 heterocycles. The van der Waals surface area contributed by atoms with Crippen molar-refractivity contribution in [3.05, 3.63) is 24.3 Å². The molecule has 1 fully saturated rings. The van der Waals surface area contributed by atoms with E-state index in [1.807, 2.05) is 24.3 Å². The molecule has 1 aliphatic rings. The molecule has 0 radical (unpaired) electrons. The molecule has 100 valence electrons. The van der Waals surface area contributed by atoms with Gasteiger partial charge in [-0.1, -0.05) is 12.1 Å². The molecular weight excluding hydrogens is 238 g/mol. The number of nitrogens with one attached hydrogen (secondary N) is 1. The van der Waals surface area contributed by atoms with Gasteiger partial charge in [0.2, 0.25) is 0 Å². The quantitative estimate of drug-likeness (QED) is 0.764. The zero-order chi connectivity index (χ0) is 13.2. The highest BCUT2D eigenvalue weighted by atomic mass is 15.1. The van der Waals surface area contributed by atoms with Crippen molar-refractivity contribution in [3.8, 4) is 0 Å². The Morgan fingerprint density at radius 2 is 1.63 bits per heavy atom. The molecule has 19 heavy (non-hydrogen) atoms. The van der Waals surface area contributed by atoms with Gasteiger partial charge in [-0.05, 0) is 37.8 Å². The molecule has 0 bridgehead atoms. The molecular formula is C14H19N5. The number of nitrogens with two attached hydrogens (primary N) is 2. The number of nitrogens with zero attached hydrogens (tertiary/aromatic N) is 2. The van der Waals surface area contributed by atoms with Crippen molar-refractivity contribution in [1.29, 1.82) is 0 Å². The normalized spacial score (nSPS) is 23.4. The minimum absolute atomic E-state index is 0.345. The molecule has 5 heteroatoms. The molecule has 3 rings (SSSR count). The van der Waals surface area contributed by atoms with Crippen LogP contribution in [0.25, 0.3) is 11.0 Å². The van der Waals surface area contributed by atoms with E-state index in [1.54, 1.807) is 0 Å². The van der Waals surface area contributed by atoms with Gasteiger partial charge >= 0.3 is 0 Å². The first kappa shape index (κ1) is 12.2. The lowest BCUT2D eigenvalue weighted by Crippen LogP contribution is -2.33. The molecule has 5 nitrogen and oxygen atoms in total. The molecule has 1 aromatic heterocycles. The van der Waals surface area contributed by atoms with Gasteiger partial charge in [0.15, 0.2) is 11.6 Å². The third kappa shape index (κ3) is 2.61. The summed E-state index contributed by atoms with van der Waals surface area (Å²) in [6, 6.07) is 8.50. The summed E-state index contributed by atoms with van der Waals surface area (Å²) in [6.45, 7) is 0. The van der Waals surface area contributed by atoms with Crippen LogP contribution in [0, 0.1) is 0 Å². The van der Waals surface area contributed by atoms with E-state index in [1.165, 1.54) is 0 Å². The lowest BCUT2D eigenvalue weighted by atomic mass is 9.92. The summed E-state index contributed by atoms with van der Waals surface area (Å²) in [6.07, 6.45) is 4.24. The maximum atomic E-state index is 5.97. The minimum Gasteiger partial charge on any atom is -0.381 e. The van der Waals surface area contributed by atoms with Crippen LogP contribution in [0.5, 0.6) is 0 Å². The SMILES string of the molecule is Nc1nc2ccccc2nc1NC1CCC(N)CC1. The first-order chi connectivity index (χ1) is 9.22. The molecule has 0 amide bonds. The van der Waals surface area contributed by atoms with Crippen LogP contribution < -0.4 is 16.8 Å². The topological polar surface area (TPSA) is 89.8 Å². The minimum atomic E-state index is 0.345. The average molecular weight is 257 g/mol. The van der Waals surface area contributed by atoms with Crippen LogP contribution in [0.2, 0.25) is 0 Å². The summed E-state index contributed by atoms with van der Waals surface area (Å²) in [5, 5.41) is 3.41. The summed E-state index contributed by atoms with van der Waals surface area (Å²) in [7, 11) is 0. The number of hydrogen-bond acceptors (Lipinski definition) is 5. The van der Waals surface area contributed by atoms with E-state index in [2.05, 4.69) is 15.3 Å². The smallest absolute Gasteiger partial charge is 0.169 e. The summed E-state index contributed by atoms with van der Waals surface area (Å²) < 4.78 is 0. The number of aromatic nitrogens is 2. The van der Waals surface area contributed by atoms with Gasteiger partial charge in [-0.25, -0.2) is 9.97 Å². The van der Waals surface area contributed by atoms with E-state index in [0.29, 0.717) is 23.7 Å². The molecule has 1 saturated carbocycles. The highest BCUT2D eigenvalue weighted by Crippen LogP contribution is 2.24. The standard InChI is InChI=1S/C14H19N5/c15-9-5-7-10(8-6-9)17-14-13(16)18-11-3-1-2-4-12(11)19-14/h1-4,9-10H,5-8,15H2,(H2,16,18)(H,17,19). The van der Waals surface area contributed by atoms with Crippen LogP contribution in [-0.2, 0) is 0 Å². The molecule has 0 aliphatic heterocycles. The Morgan fingerprint density at radius 1 is 1.00 bits per heavy atom. The van der Waals surface area contributed by atoms with Gasteiger partial charge in [-0.2, -0.15) is 0 Å². The summed E-state index contributed by atoms with van der Waals surface area (Å²) in [4.78, 5) is 8.94. The molecule has 2 aromatic rings.